The Morgan fingerprint density at radius 3 is 2.45 bits per heavy atom. The first kappa shape index (κ1) is 16.0. The second-order valence-corrected chi connectivity index (χ2v) is 8.35. The lowest BCUT2D eigenvalue weighted by molar-refractivity contribution is 0.454. The van der Waals surface area contributed by atoms with E-state index < -0.39 is 10.0 Å². The van der Waals surface area contributed by atoms with Gasteiger partial charge >= 0.3 is 0 Å². The molecule has 3 rings (SSSR count). The standard InChI is InChI=1S/C17H26N2O2S/c1-13-6-7-16(14-8-10-18-11-9-14)17(12-13)22(20,21)19-15-4-2-3-5-15/h6-7,12,14-15,18-19H,2-5,8-11H2,1H3. The molecule has 0 unspecified atom stereocenters. The highest BCUT2D eigenvalue weighted by Crippen LogP contribution is 2.32. The molecule has 0 spiro atoms. The molecule has 4 nitrogen and oxygen atoms in total. The predicted molar refractivity (Wildman–Crippen MR) is 88.6 cm³/mol. The number of piperidine rings is 1. The summed E-state index contributed by atoms with van der Waals surface area (Å²) in [5.74, 6) is 0.344. The molecular formula is C17H26N2O2S. The lowest BCUT2D eigenvalue weighted by Crippen LogP contribution is -2.34. The highest BCUT2D eigenvalue weighted by atomic mass is 32.2. The molecule has 1 saturated heterocycles. The highest BCUT2D eigenvalue weighted by molar-refractivity contribution is 7.89. The maximum atomic E-state index is 12.9. The Hall–Kier alpha value is -0.910. The van der Waals surface area contributed by atoms with E-state index >= 15 is 0 Å². The Morgan fingerprint density at radius 2 is 1.77 bits per heavy atom. The zero-order valence-electron chi connectivity index (χ0n) is 13.3. The molecule has 1 aromatic carbocycles. The summed E-state index contributed by atoms with van der Waals surface area (Å²) in [6.07, 6.45) is 6.20. The molecule has 2 aliphatic rings. The van der Waals surface area contributed by atoms with Gasteiger partial charge in [0.1, 0.15) is 0 Å². The third-order valence-electron chi connectivity index (χ3n) is 4.91. The zero-order valence-corrected chi connectivity index (χ0v) is 14.1. The van der Waals surface area contributed by atoms with E-state index in [2.05, 4.69) is 10.0 Å². The summed E-state index contributed by atoms with van der Waals surface area (Å²) < 4.78 is 28.7. The molecule has 1 aliphatic heterocycles. The normalized spacial score (nSPS) is 21.3. The maximum Gasteiger partial charge on any atom is 0.241 e. The van der Waals surface area contributed by atoms with Gasteiger partial charge in [-0.1, -0.05) is 25.0 Å². The van der Waals surface area contributed by atoms with Crippen LogP contribution in [0.25, 0.3) is 0 Å². The summed E-state index contributed by atoms with van der Waals surface area (Å²) >= 11 is 0. The van der Waals surface area contributed by atoms with Crippen molar-refractivity contribution in [2.75, 3.05) is 13.1 Å². The molecule has 0 bridgehead atoms. The topological polar surface area (TPSA) is 58.2 Å². The molecule has 5 heteroatoms. The quantitative estimate of drug-likeness (QED) is 0.896. The second kappa shape index (κ2) is 6.69. The molecule has 22 heavy (non-hydrogen) atoms. The number of nitrogens with one attached hydrogen (secondary N) is 2. The van der Waals surface area contributed by atoms with Gasteiger partial charge in [-0.2, -0.15) is 0 Å². The van der Waals surface area contributed by atoms with Crippen molar-refractivity contribution in [1.29, 1.82) is 0 Å². The Bertz CT molecular complexity index is 616. The van der Waals surface area contributed by atoms with Crippen LogP contribution in [0.1, 0.15) is 55.6 Å². The molecule has 1 saturated carbocycles. The number of hydrogen-bond donors (Lipinski definition) is 2. The van der Waals surface area contributed by atoms with Crippen molar-refractivity contribution in [3.8, 4) is 0 Å². The Kier molecular flexibility index (Phi) is 4.85. The largest absolute Gasteiger partial charge is 0.317 e. The van der Waals surface area contributed by atoms with Crippen molar-refractivity contribution in [3.05, 3.63) is 29.3 Å². The van der Waals surface area contributed by atoms with E-state index in [1.54, 1.807) is 0 Å². The van der Waals surface area contributed by atoms with E-state index in [-0.39, 0.29) is 6.04 Å². The molecular weight excluding hydrogens is 296 g/mol. The van der Waals surface area contributed by atoms with Crippen molar-refractivity contribution < 1.29 is 8.42 Å². The van der Waals surface area contributed by atoms with Crippen molar-refractivity contribution in [1.82, 2.24) is 10.0 Å². The van der Waals surface area contributed by atoms with E-state index in [0.29, 0.717) is 10.8 Å². The Morgan fingerprint density at radius 1 is 1.09 bits per heavy atom. The molecule has 0 atom stereocenters. The van der Waals surface area contributed by atoms with Crippen molar-refractivity contribution in [2.24, 2.45) is 0 Å². The van der Waals surface area contributed by atoms with Crippen LogP contribution in [0.2, 0.25) is 0 Å². The molecule has 122 valence electrons. The molecule has 1 heterocycles. The second-order valence-electron chi connectivity index (χ2n) is 6.67. The molecule has 2 fully saturated rings. The average Bonchev–Trinajstić information content (AvgIpc) is 3.00. The van der Waals surface area contributed by atoms with Gasteiger partial charge in [0.2, 0.25) is 10.0 Å². The minimum atomic E-state index is -3.42. The van der Waals surface area contributed by atoms with Gasteiger partial charge in [0, 0.05) is 6.04 Å². The third-order valence-corrected chi connectivity index (χ3v) is 6.49. The van der Waals surface area contributed by atoms with Gasteiger partial charge in [0.25, 0.3) is 0 Å². The SMILES string of the molecule is Cc1ccc(C2CCNCC2)c(S(=O)(=O)NC2CCCC2)c1. The van der Waals surface area contributed by atoms with Gasteiger partial charge in [-0.15, -0.1) is 0 Å². The van der Waals surface area contributed by atoms with Crippen LogP contribution in [0.15, 0.2) is 23.1 Å². The van der Waals surface area contributed by atoms with Gasteiger partial charge in [0.05, 0.1) is 4.90 Å². The number of sulfonamides is 1. The van der Waals surface area contributed by atoms with Gasteiger partial charge in [0.15, 0.2) is 0 Å². The molecule has 1 aromatic rings. The lowest BCUT2D eigenvalue weighted by Gasteiger charge is -2.26. The van der Waals surface area contributed by atoms with Gasteiger partial charge in [-0.05, 0) is 68.8 Å². The fourth-order valence-electron chi connectivity index (χ4n) is 3.67. The maximum absolute atomic E-state index is 12.9. The van der Waals surface area contributed by atoms with Crippen molar-refractivity contribution in [2.45, 2.75) is 62.3 Å². The summed E-state index contributed by atoms with van der Waals surface area (Å²) in [6.45, 7) is 3.89. The molecule has 2 N–H and O–H groups in total. The first-order valence-corrected chi connectivity index (χ1v) is 9.88. The van der Waals surface area contributed by atoms with Crippen LogP contribution in [0, 0.1) is 6.92 Å². The minimum Gasteiger partial charge on any atom is -0.317 e. The van der Waals surface area contributed by atoms with Crippen molar-refractivity contribution >= 4 is 10.0 Å². The van der Waals surface area contributed by atoms with E-state index in [1.165, 1.54) is 0 Å². The third kappa shape index (κ3) is 3.53. The van der Waals surface area contributed by atoms with Crippen LogP contribution in [-0.4, -0.2) is 27.5 Å². The van der Waals surface area contributed by atoms with Crippen LogP contribution in [0.5, 0.6) is 0 Å². The van der Waals surface area contributed by atoms with Crippen LogP contribution in [-0.2, 0) is 10.0 Å². The van der Waals surface area contributed by atoms with Gasteiger partial charge in [-0.3, -0.25) is 0 Å². The van der Waals surface area contributed by atoms with Gasteiger partial charge in [-0.25, -0.2) is 13.1 Å². The smallest absolute Gasteiger partial charge is 0.241 e. The number of aryl methyl sites for hydroxylation is 1. The van der Waals surface area contributed by atoms with Crippen LogP contribution in [0.4, 0.5) is 0 Å². The zero-order chi connectivity index (χ0) is 15.6. The summed E-state index contributed by atoms with van der Waals surface area (Å²) in [6, 6.07) is 6.01. The average molecular weight is 322 g/mol. The van der Waals surface area contributed by atoms with E-state index in [0.717, 1.165) is 62.7 Å². The van der Waals surface area contributed by atoms with Gasteiger partial charge < -0.3 is 5.32 Å². The summed E-state index contributed by atoms with van der Waals surface area (Å²) in [7, 11) is -3.42. The molecule has 0 radical (unpaired) electrons. The Balaban J connectivity index is 1.91. The Labute approximate surface area is 133 Å². The lowest BCUT2D eigenvalue weighted by atomic mass is 9.90. The van der Waals surface area contributed by atoms with Crippen LogP contribution >= 0.6 is 0 Å². The summed E-state index contributed by atoms with van der Waals surface area (Å²) in [5.41, 5.74) is 2.00. The number of benzene rings is 1. The number of hydrogen-bond acceptors (Lipinski definition) is 3. The fraction of sp³-hybridized carbons (Fsp3) is 0.647. The molecule has 0 amide bonds. The van der Waals surface area contributed by atoms with E-state index in [9.17, 15) is 8.42 Å². The molecule has 1 aliphatic carbocycles. The fourth-order valence-corrected chi connectivity index (χ4v) is 5.36. The highest BCUT2D eigenvalue weighted by Gasteiger charge is 2.28. The van der Waals surface area contributed by atoms with Crippen LogP contribution in [0.3, 0.4) is 0 Å². The van der Waals surface area contributed by atoms with Crippen LogP contribution < -0.4 is 10.0 Å². The number of rotatable bonds is 4. The summed E-state index contributed by atoms with van der Waals surface area (Å²) in [4.78, 5) is 0.506. The van der Waals surface area contributed by atoms with E-state index in [1.807, 2.05) is 25.1 Å². The first-order valence-electron chi connectivity index (χ1n) is 8.40. The van der Waals surface area contributed by atoms with E-state index in [4.69, 9.17) is 0 Å². The minimum absolute atomic E-state index is 0.117. The molecule has 0 aromatic heterocycles. The monoisotopic (exact) mass is 322 g/mol. The predicted octanol–water partition coefficient (Wildman–Crippen LogP) is 2.68. The van der Waals surface area contributed by atoms with Crippen molar-refractivity contribution in [3.63, 3.8) is 0 Å². The summed E-state index contributed by atoms with van der Waals surface area (Å²) in [5, 5.41) is 3.35. The first-order chi connectivity index (χ1) is 10.6.